The van der Waals surface area contributed by atoms with E-state index in [-0.39, 0.29) is 53.9 Å². The minimum Gasteiger partial charge on any atom is -0.462 e. The molecular formula is C34H46ClN3O7S. The summed E-state index contributed by atoms with van der Waals surface area (Å²) in [5.74, 6) is -2.20. The molecule has 1 N–H and O–H groups in total. The van der Waals surface area contributed by atoms with E-state index in [0.717, 1.165) is 42.8 Å². The molecule has 2 amide bonds. The highest BCUT2D eigenvalue weighted by Gasteiger charge is 2.60. The summed E-state index contributed by atoms with van der Waals surface area (Å²) in [7, 11) is -4.15. The Labute approximate surface area is 277 Å². The van der Waals surface area contributed by atoms with Crippen molar-refractivity contribution >= 4 is 45.2 Å². The number of nitrogens with zero attached hydrogens (tertiary/aromatic N) is 2. The molecule has 4 atom stereocenters. The van der Waals surface area contributed by atoms with Gasteiger partial charge in [-0.1, -0.05) is 44.5 Å². The summed E-state index contributed by atoms with van der Waals surface area (Å²) in [6, 6.07) is 4.68. The Morgan fingerprint density at radius 3 is 2.43 bits per heavy atom. The molecule has 3 saturated carbocycles. The summed E-state index contributed by atoms with van der Waals surface area (Å²) in [4.78, 5) is 56.2. The van der Waals surface area contributed by atoms with Crippen molar-refractivity contribution in [3.05, 3.63) is 41.9 Å². The smallest absolute Gasteiger partial charge is 0.306 e. The van der Waals surface area contributed by atoms with Crippen LogP contribution in [0, 0.1) is 28.6 Å². The van der Waals surface area contributed by atoms with E-state index in [4.69, 9.17) is 16.3 Å². The fourth-order valence-electron chi connectivity index (χ4n) is 6.79. The van der Waals surface area contributed by atoms with Crippen LogP contribution in [-0.4, -0.2) is 73.1 Å². The predicted octanol–water partition coefficient (Wildman–Crippen LogP) is 4.71. The van der Waals surface area contributed by atoms with E-state index in [1.165, 1.54) is 23.1 Å². The van der Waals surface area contributed by atoms with Gasteiger partial charge in [0.1, 0.15) is 12.1 Å². The van der Waals surface area contributed by atoms with E-state index in [9.17, 15) is 27.6 Å². The summed E-state index contributed by atoms with van der Waals surface area (Å²) in [5.41, 5.74) is -1.68. The van der Waals surface area contributed by atoms with Crippen LogP contribution in [0.3, 0.4) is 0 Å². The van der Waals surface area contributed by atoms with Crippen molar-refractivity contribution in [3.8, 4) is 0 Å². The number of sulfonamides is 1. The van der Waals surface area contributed by atoms with E-state index >= 15 is 0 Å². The van der Waals surface area contributed by atoms with Gasteiger partial charge in [0.05, 0.1) is 29.3 Å². The molecule has 1 aliphatic heterocycles. The van der Waals surface area contributed by atoms with Crippen LogP contribution in [0.15, 0.2) is 41.8 Å². The summed E-state index contributed by atoms with van der Waals surface area (Å²) >= 11 is 6.11. The Bertz CT molecular complexity index is 1480. The quantitative estimate of drug-likeness (QED) is 0.237. The number of ketones is 1. The third-order valence-electron chi connectivity index (χ3n) is 10.1. The van der Waals surface area contributed by atoms with Crippen LogP contribution in [0.25, 0.3) is 0 Å². The van der Waals surface area contributed by atoms with Gasteiger partial charge in [0.25, 0.3) is 0 Å². The van der Waals surface area contributed by atoms with Gasteiger partial charge in [-0.3, -0.25) is 19.2 Å². The fraction of sp³-hybridized carbons (Fsp3) is 0.647. The monoisotopic (exact) mass is 675 g/mol. The summed E-state index contributed by atoms with van der Waals surface area (Å²) in [5, 5.41) is 3.23. The molecule has 46 heavy (non-hydrogen) atoms. The molecule has 252 valence electrons. The normalized spacial score (nSPS) is 26.0. The number of halogens is 1. The van der Waals surface area contributed by atoms with Crippen LogP contribution in [0.2, 0.25) is 5.02 Å². The van der Waals surface area contributed by atoms with Crippen LogP contribution >= 0.6 is 11.6 Å². The number of carbonyl (C=O) groups is 4. The Morgan fingerprint density at radius 1 is 1.15 bits per heavy atom. The first-order valence-electron chi connectivity index (χ1n) is 16.3. The third-order valence-corrected chi connectivity index (χ3v) is 12.1. The van der Waals surface area contributed by atoms with Crippen molar-refractivity contribution in [1.82, 2.24) is 14.5 Å². The minimum atomic E-state index is -4.15. The lowest BCUT2D eigenvalue weighted by atomic mass is 9.77. The van der Waals surface area contributed by atoms with E-state index in [0.29, 0.717) is 18.9 Å². The van der Waals surface area contributed by atoms with Crippen molar-refractivity contribution in [3.63, 3.8) is 0 Å². The summed E-state index contributed by atoms with van der Waals surface area (Å²) in [6.45, 7) is 9.28. The molecule has 5 rings (SSSR count). The van der Waals surface area contributed by atoms with Gasteiger partial charge >= 0.3 is 5.97 Å². The molecule has 12 heteroatoms. The predicted molar refractivity (Wildman–Crippen MR) is 173 cm³/mol. The summed E-state index contributed by atoms with van der Waals surface area (Å²) < 4.78 is 34.4. The highest BCUT2D eigenvalue weighted by atomic mass is 35.5. The number of benzene rings is 1. The number of hydrogen-bond acceptors (Lipinski definition) is 7. The topological polar surface area (TPSA) is 130 Å². The van der Waals surface area contributed by atoms with Gasteiger partial charge in [0.15, 0.2) is 5.78 Å². The van der Waals surface area contributed by atoms with E-state index < -0.39 is 50.5 Å². The first-order valence-corrected chi connectivity index (χ1v) is 18.2. The molecule has 1 aromatic rings. The largest absolute Gasteiger partial charge is 0.462 e. The molecule has 4 fully saturated rings. The number of esters is 1. The van der Waals surface area contributed by atoms with Gasteiger partial charge in [-0.25, -0.2) is 8.42 Å². The van der Waals surface area contributed by atoms with Crippen LogP contribution in [0.5, 0.6) is 0 Å². The first kappa shape index (κ1) is 34.6. The second-order valence-electron chi connectivity index (χ2n) is 14.6. The Balaban J connectivity index is 1.41. The molecule has 10 nitrogen and oxygen atoms in total. The molecule has 1 aromatic carbocycles. The molecule has 4 aliphatic rings. The zero-order chi connectivity index (χ0) is 33.4. The van der Waals surface area contributed by atoms with Crippen molar-refractivity contribution in [2.24, 2.45) is 28.6 Å². The van der Waals surface area contributed by atoms with E-state index in [2.05, 4.69) is 11.9 Å². The van der Waals surface area contributed by atoms with Crippen LogP contribution in [0.4, 0.5) is 0 Å². The number of ether oxygens (including phenoxy) is 1. The van der Waals surface area contributed by atoms with E-state index in [1.807, 2.05) is 20.8 Å². The molecule has 1 heterocycles. The molecule has 0 unspecified atom stereocenters. The highest BCUT2D eigenvalue weighted by Crippen LogP contribution is 2.56. The fourth-order valence-corrected chi connectivity index (χ4v) is 8.48. The van der Waals surface area contributed by atoms with E-state index in [1.54, 1.807) is 12.1 Å². The van der Waals surface area contributed by atoms with Gasteiger partial charge < -0.3 is 15.0 Å². The Morgan fingerprint density at radius 2 is 1.85 bits per heavy atom. The van der Waals surface area contributed by atoms with Gasteiger partial charge in [-0.05, 0) is 80.4 Å². The maximum Gasteiger partial charge on any atom is 0.306 e. The highest BCUT2D eigenvalue weighted by molar-refractivity contribution is 7.89. The SMILES string of the molecule is C=C[C@@H]1C[C@]1(CC(=O)[C@@H]1CN(S(=O)(=O)c2cccc(Cl)c2)CN1C(=O)[C@@H](CC(=O)OC1CCCC1)C(C)(C)C)C(=O)NCC1CC1. The molecule has 0 spiro atoms. The number of hydrogen-bond donors (Lipinski definition) is 1. The molecule has 3 aliphatic carbocycles. The number of rotatable bonds is 13. The molecular weight excluding hydrogens is 630 g/mol. The van der Waals surface area contributed by atoms with Gasteiger partial charge in [0, 0.05) is 24.5 Å². The van der Waals surface area contributed by atoms with Crippen molar-refractivity contribution in [2.45, 2.75) is 95.6 Å². The third kappa shape index (κ3) is 7.52. The molecule has 0 aromatic heterocycles. The second-order valence-corrected chi connectivity index (χ2v) is 17.0. The van der Waals surface area contributed by atoms with Crippen LogP contribution in [0.1, 0.15) is 78.6 Å². The van der Waals surface area contributed by atoms with Crippen molar-refractivity contribution in [2.75, 3.05) is 19.8 Å². The number of allylic oxidation sites excluding steroid dienone is 1. The van der Waals surface area contributed by atoms with Crippen LogP contribution in [-0.2, 0) is 33.9 Å². The van der Waals surface area contributed by atoms with Gasteiger partial charge in [-0.2, -0.15) is 4.31 Å². The minimum absolute atomic E-state index is 0.0575. The van der Waals surface area contributed by atoms with Gasteiger partial charge in [-0.15, -0.1) is 6.58 Å². The zero-order valence-corrected chi connectivity index (χ0v) is 28.6. The number of Topliss-reactive ketones (excluding diaryl/α,β-unsaturated/α-hetero) is 1. The lowest BCUT2D eigenvalue weighted by Crippen LogP contribution is -2.49. The number of amides is 2. The standard InChI is InChI=1S/C34H46ClN3O7S/c1-5-23-17-34(23,32(42)36-19-22-13-14-22)18-29(39)28-20-37(46(43,44)26-12-8-9-24(35)15-26)21-38(28)31(41)27(33(2,3)4)16-30(40)45-25-10-6-7-11-25/h5,8-9,12,15,22-23,25,27-28H,1,6-7,10-11,13-14,16-21H2,2-4H3,(H,36,42)/t23-,27-,28+,34-/m1/s1. The lowest BCUT2D eigenvalue weighted by molar-refractivity contribution is -0.156. The number of carbonyl (C=O) groups excluding carboxylic acids is 4. The summed E-state index contributed by atoms with van der Waals surface area (Å²) in [6.07, 6.45) is 7.33. The van der Waals surface area contributed by atoms with Crippen molar-refractivity contribution in [1.29, 1.82) is 0 Å². The zero-order valence-electron chi connectivity index (χ0n) is 27.0. The van der Waals surface area contributed by atoms with Crippen LogP contribution < -0.4 is 5.32 Å². The average molecular weight is 676 g/mol. The maximum absolute atomic E-state index is 14.4. The molecule has 0 radical (unpaired) electrons. The maximum atomic E-state index is 14.4. The Kier molecular flexibility index (Phi) is 10.1. The molecule has 0 bridgehead atoms. The Hall–Kier alpha value is -2.76. The molecule has 1 saturated heterocycles. The average Bonchev–Trinajstić information content (AvgIpc) is 3.83. The van der Waals surface area contributed by atoms with Crippen molar-refractivity contribution < 1.29 is 32.3 Å². The second kappa shape index (κ2) is 13.4. The van der Waals surface area contributed by atoms with Gasteiger partial charge in [0.2, 0.25) is 21.8 Å². The lowest BCUT2D eigenvalue weighted by Gasteiger charge is -2.34. The first-order chi connectivity index (χ1) is 21.7. The number of nitrogens with one attached hydrogen (secondary N) is 1.